The van der Waals surface area contributed by atoms with E-state index in [2.05, 4.69) is 13.2 Å². The summed E-state index contributed by atoms with van der Waals surface area (Å²) in [5, 5.41) is 0. The van der Waals surface area contributed by atoms with Crippen LogP contribution in [0.1, 0.15) is 91.9 Å². The summed E-state index contributed by atoms with van der Waals surface area (Å²) in [5.74, 6) is -2.01. The Bertz CT molecular complexity index is 860. The first-order valence-corrected chi connectivity index (χ1v) is 14.8. The molecule has 0 aromatic rings. The van der Waals surface area contributed by atoms with Crippen molar-refractivity contribution >= 4 is 35.4 Å². The minimum Gasteiger partial charge on any atom is -0.465 e. The lowest BCUT2D eigenvalue weighted by Crippen LogP contribution is -2.29. The number of hydrogen-bond acceptors (Lipinski definition) is 11. The minimum absolute atomic E-state index is 0.0436. The molecular formula is C32H50O11. The quantitative estimate of drug-likeness (QED) is 0.0583. The minimum atomic E-state index is -0.908. The number of carbonyl (C=O) groups excluding carboxylic acids is 6. The Labute approximate surface area is 255 Å². The third-order valence-electron chi connectivity index (χ3n) is 6.29. The van der Waals surface area contributed by atoms with Crippen molar-refractivity contribution in [1.29, 1.82) is 0 Å². The molecule has 11 nitrogen and oxygen atoms in total. The van der Waals surface area contributed by atoms with Crippen LogP contribution in [0.15, 0.2) is 25.3 Å². The van der Waals surface area contributed by atoms with Crippen LogP contribution in [0, 0.1) is 10.8 Å². The van der Waals surface area contributed by atoms with Crippen LogP contribution in [0.25, 0.3) is 0 Å². The summed E-state index contributed by atoms with van der Waals surface area (Å²) in [6.45, 7) is 14.4. The van der Waals surface area contributed by atoms with Gasteiger partial charge >= 0.3 is 23.9 Å². The second-order valence-corrected chi connectivity index (χ2v) is 11.4. The molecule has 0 bridgehead atoms. The van der Waals surface area contributed by atoms with Gasteiger partial charge in [-0.25, -0.2) is 0 Å². The van der Waals surface area contributed by atoms with Gasteiger partial charge in [0.25, 0.3) is 0 Å². The molecule has 244 valence electrons. The van der Waals surface area contributed by atoms with Crippen molar-refractivity contribution in [3.63, 3.8) is 0 Å². The molecule has 0 aliphatic rings. The summed E-state index contributed by atoms with van der Waals surface area (Å²) in [5.41, 5.74) is -1.82. The molecule has 0 spiro atoms. The average molecular weight is 611 g/mol. The Balaban J connectivity index is 3.68. The molecule has 0 unspecified atom stereocenters. The highest BCUT2D eigenvalue weighted by Crippen LogP contribution is 2.24. The normalized spacial score (nSPS) is 11.3. The van der Waals surface area contributed by atoms with Gasteiger partial charge in [0.2, 0.25) is 0 Å². The second-order valence-electron chi connectivity index (χ2n) is 11.4. The summed E-state index contributed by atoms with van der Waals surface area (Å²) in [7, 11) is 0. The van der Waals surface area contributed by atoms with E-state index in [1.807, 2.05) is 0 Å². The Morgan fingerprint density at radius 2 is 0.884 bits per heavy atom. The van der Waals surface area contributed by atoms with Gasteiger partial charge in [-0.15, -0.1) is 0 Å². The van der Waals surface area contributed by atoms with Crippen molar-refractivity contribution in [2.75, 3.05) is 39.6 Å². The summed E-state index contributed by atoms with van der Waals surface area (Å²) >= 11 is 0. The first kappa shape index (κ1) is 39.7. The second kappa shape index (κ2) is 22.2. The zero-order valence-corrected chi connectivity index (χ0v) is 26.4. The fourth-order valence-electron chi connectivity index (χ4n) is 3.65. The molecule has 0 radical (unpaired) electrons. The van der Waals surface area contributed by atoms with Crippen LogP contribution in [-0.2, 0) is 52.5 Å². The summed E-state index contributed by atoms with van der Waals surface area (Å²) < 4.78 is 26.0. The van der Waals surface area contributed by atoms with Crippen molar-refractivity contribution in [3.8, 4) is 0 Å². The maximum Gasteiger partial charge on any atom is 0.311 e. The molecule has 43 heavy (non-hydrogen) atoms. The predicted octanol–water partition coefficient (Wildman–Crippen LogP) is 4.64. The van der Waals surface area contributed by atoms with Crippen LogP contribution in [0.4, 0.5) is 0 Å². The smallest absolute Gasteiger partial charge is 0.311 e. The fourth-order valence-corrected chi connectivity index (χ4v) is 3.65. The van der Waals surface area contributed by atoms with Crippen molar-refractivity contribution in [1.82, 2.24) is 0 Å². The predicted molar refractivity (Wildman–Crippen MR) is 159 cm³/mol. The van der Waals surface area contributed by atoms with Gasteiger partial charge in [-0.05, 0) is 78.4 Å². The van der Waals surface area contributed by atoms with E-state index in [0.29, 0.717) is 38.5 Å². The topological polar surface area (TPSA) is 149 Å². The van der Waals surface area contributed by atoms with Gasteiger partial charge in [-0.2, -0.15) is 0 Å². The van der Waals surface area contributed by atoms with E-state index in [1.165, 1.54) is 12.2 Å². The van der Waals surface area contributed by atoms with Crippen molar-refractivity contribution < 1.29 is 52.5 Å². The van der Waals surface area contributed by atoms with Crippen molar-refractivity contribution in [3.05, 3.63) is 25.3 Å². The Hall–Kier alpha value is -3.34. The van der Waals surface area contributed by atoms with Crippen molar-refractivity contribution in [2.45, 2.75) is 91.9 Å². The summed E-state index contributed by atoms with van der Waals surface area (Å²) in [6.07, 6.45) is 6.69. The number of ether oxygens (including phenoxy) is 5. The van der Waals surface area contributed by atoms with Crippen LogP contribution >= 0.6 is 0 Å². The molecule has 0 aromatic carbocycles. The van der Waals surface area contributed by atoms with Crippen LogP contribution in [0.3, 0.4) is 0 Å². The first-order valence-electron chi connectivity index (χ1n) is 14.8. The Morgan fingerprint density at radius 1 is 0.512 bits per heavy atom. The highest BCUT2D eigenvalue weighted by Gasteiger charge is 2.32. The highest BCUT2D eigenvalue weighted by atomic mass is 16.6. The van der Waals surface area contributed by atoms with Gasteiger partial charge in [0.15, 0.2) is 11.6 Å². The van der Waals surface area contributed by atoms with Crippen LogP contribution in [0.5, 0.6) is 0 Å². The molecule has 0 heterocycles. The number of esters is 4. The molecule has 11 heteroatoms. The van der Waals surface area contributed by atoms with E-state index >= 15 is 0 Å². The zero-order valence-electron chi connectivity index (χ0n) is 26.4. The first-order chi connectivity index (χ1) is 20.2. The fraction of sp³-hybridized carbons (Fsp3) is 0.688. The summed E-state index contributed by atoms with van der Waals surface area (Å²) in [6, 6.07) is 0. The molecule has 0 atom stereocenters. The third kappa shape index (κ3) is 20.2. The number of rotatable bonds is 26. The standard InChI is InChI=1S/C32H50O11/c1-7-25(33)23-31(3,4)29(37)42-17-13-9-11-15-27(35)40-21-19-39-20-22-41-28(36)16-12-10-14-18-43-30(38)32(5,6)24-26(34)8-2/h7-8H,1-2,9-24H2,3-6H3. The van der Waals surface area contributed by atoms with Gasteiger partial charge < -0.3 is 23.7 Å². The van der Waals surface area contributed by atoms with Crippen LogP contribution in [-0.4, -0.2) is 75.1 Å². The van der Waals surface area contributed by atoms with Gasteiger partial charge in [-0.3, -0.25) is 28.8 Å². The monoisotopic (exact) mass is 610 g/mol. The molecule has 0 N–H and O–H groups in total. The lowest BCUT2D eigenvalue weighted by Gasteiger charge is -2.21. The van der Waals surface area contributed by atoms with Crippen LogP contribution < -0.4 is 0 Å². The molecule has 0 aromatic heterocycles. The zero-order chi connectivity index (χ0) is 32.7. The van der Waals surface area contributed by atoms with Crippen molar-refractivity contribution in [2.24, 2.45) is 10.8 Å². The van der Waals surface area contributed by atoms with Gasteiger partial charge in [0.05, 0.1) is 37.3 Å². The largest absolute Gasteiger partial charge is 0.465 e. The Kier molecular flexibility index (Phi) is 20.5. The molecule has 0 saturated carbocycles. The molecular weight excluding hydrogens is 560 g/mol. The van der Waals surface area contributed by atoms with E-state index in [-0.39, 0.29) is 88.8 Å². The van der Waals surface area contributed by atoms with E-state index in [9.17, 15) is 28.8 Å². The third-order valence-corrected chi connectivity index (χ3v) is 6.29. The Morgan fingerprint density at radius 3 is 1.23 bits per heavy atom. The molecule has 0 rings (SSSR count). The maximum atomic E-state index is 12.1. The molecule has 0 aliphatic heterocycles. The van der Waals surface area contributed by atoms with Gasteiger partial charge in [-0.1, -0.05) is 13.2 Å². The molecule has 0 saturated heterocycles. The highest BCUT2D eigenvalue weighted by molar-refractivity contribution is 5.93. The SMILES string of the molecule is C=CC(=O)CC(C)(C)C(=O)OCCCCCC(=O)OCCOCCOC(=O)CCCCCOC(=O)C(C)(C)CC(=O)C=C. The number of unbranched alkanes of at least 4 members (excludes halogenated alkanes) is 4. The maximum absolute atomic E-state index is 12.1. The number of ketones is 2. The van der Waals surface area contributed by atoms with E-state index < -0.39 is 22.8 Å². The lowest BCUT2D eigenvalue weighted by atomic mass is 9.87. The van der Waals surface area contributed by atoms with Gasteiger partial charge in [0, 0.05) is 25.7 Å². The lowest BCUT2D eigenvalue weighted by molar-refractivity contribution is -0.156. The van der Waals surface area contributed by atoms with E-state index in [4.69, 9.17) is 23.7 Å². The summed E-state index contributed by atoms with van der Waals surface area (Å²) in [4.78, 5) is 70.8. The molecule has 0 amide bonds. The number of carbonyl (C=O) groups is 6. The molecule has 0 fully saturated rings. The number of allylic oxidation sites excluding steroid dienone is 2. The molecule has 0 aliphatic carbocycles. The van der Waals surface area contributed by atoms with Crippen LogP contribution in [0.2, 0.25) is 0 Å². The van der Waals surface area contributed by atoms with E-state index in [1.54, 1.807) is 27.7 Å². The average Bonchev–Trinajstić information content (AvgIpc) is 2.95. The number of hydrogen-bond donors (Lipinski definition) is 0. The van der Waals surface area contributed by atoms with E-state index in [0.717, 1.165) is 0 Å². The van der Waals surface area contributed by atoms with Gasteiger partial charge in [0.1, 0.15) is 13.2 Å².